The highest BCUT2D eigenvalue weighted by molar-refractivity contribution is 6.30. The molecular formula is C14H15ClN6O2. The second-order valence-corrected chi connectivity index (χ2v) is 5.59. The Bertz CT molecular complexity index is 885. The average Bonchev–Trinajstić information content (AvgIpc) is 3.00. The Morgan fingerprint density at radius 1 is 1.52 bits per heavy atom. The first-order valence-electron chi connectivity index (χ1n) is 7.00. The summed E-state index contributed by atoms with van der Waals surface area (Å²) in [5, 5.41) is 19.8. The molecule has 2 N–H and O–H groups in total. The molecule has 0 aliphatic rings. The van der Waals surface area contributed by atoms with Crippen molar-refractivity contribution in [3.63, 3.8) is 0 Å². The molecule has 0 saturated carbocycles. The van der Waals surface area contributed by atoms with Crippen LogP contribution in [0.15, 0.2) is 18.5 Å². The van der Waals surface area contributed by atoms with Crippen LogP contribution < -0.4 is 5.32 Å². The van der Waals surface area contributed by atoms with E-state index in [1.165, 1.54) is 4.68 Å². The zero-order valence-electron chi connectivity index (χ0n) is 12.6. The molecule has 3 aromatic heterocycles. The van der Waals surface area contributed by atoms with Crippen LogP contribution in [0.3, 0.4) is 0 Å². The molecule has 0 saturated heterocycles. The van der Waals surface area contributed by atoms with Crippen LogP contribution in [-0.2, 0) is 13.5 Å². The van der Waals surface area contributed by atoms with Crippen molar-refractivity contribution in [2.75, 3.05) is 11.9 Å². The monoisotopic (exact) mass is 334 g/mol. The lowest BCUT2D eigenvalue weighted by atomic mass is 10.1. The van der Waals surface area contributed by atoms with Crippen molar-refractivity contribution in [3.05, 3.63) is 45.0 Å². The standard InChI is InChI=1S/C14H15ClN6O2/c1-8-13(21(22)23)14(20(2)19-8)16-4-3-9-6-17-11-7-18-12(15)5-10(9)11/h5-7,16-17H,3-4H2,1-2H3. The number of aromatic amines is 1. The molecule has 0 spiro atoms. The SMILES string of the molecule is Cc1nn(C)c(NCCc2c[nH]c3cnc(Cl)cc23)c1[N+](=O)[O-]. The number of nitrogens with zero attached hydrogens (tertiary/aromatic N) is 4. The van der Waals surface area contributed by atoms with Crippen LogP contribution in [-0.4, -0.2) is 31.2 Å². The van der Waals surface area contributed by atoms with Crippen LogP contribution in [0.25, 0.3) is 10.9 Å². The minimum absolute atomic E-state index is 0.0127. The highest BCUT2D eigenvalue weighted by Gasteiger charge is 2.23. The number of hydrogen-bond acceptors (Lipinski definition) is 5. The largest absolute Gasteiger partial charge is 0.364 e. The molecule has 3 rings (SSSR count). The number of nitrogens with one attached hydrogen (secondary N) is 2. The summed E-state index contributed by atoms with van der Waals surface area (Å²) >= 11 is 5.93. The topological polar surface area (TPSA) is 102 Å². The third-order valence-electron chi connectivity index (χ3n) is 3.68. The van der Waals surface area contributed by atoms with Gasteiger partial charge in [-0.2, -0.15) is 5.10 Å². The van der Waals surface area contributed by atoms with E-state index in [0.717, 1.165) is 16.5 Å². The maximum Gasteiger partial charge on any atom is 0.333 e. The van der Waals surface area contributed by atoms with Crippen LogP contribution >= 0.6 is 11.6 Å². The van der Waals surface area contributed by atoms with Gasteiger partial charge in [-0.3, -0.25) is 10.1 Å². The maximum absolute atomic E-state index is 11.1. The summed E-state index contributed by atoms with van der Waals surface area (Å²) in [6.45, 7) is 2.16. The number of H-pyrrole nitrogens is 1. The summed E-state index contributed by atoms with van der Waals surface area (Å²) in [5.74, 6) is 0.409. The minimum atomic E-state index is -0.415. The van der Waals surface area contributed by atoms with E-state index < -0.39 is 4.92 Å². The van der Waals surface area contributed by atoms with Gasteiger partial charge in [-0.1, -0.05) is 11.6 Å². The van der Waals surface area contributed by atoms with E-state index in [2.05, 4.69) is 20.4 Å². The quantitative estimate of drug-likeness (QED) is 0.424. The molecule has 3 aromatic rings. The fourth-order valence-corrected chi connectivity index (χ4v) is 2.80. The molecule has 0 aliphatic carbocycles. The molecule has 0 atom stereocenters. The molecule has 8 nitrogen and oxygen atoms in total. The van der Waals surface area contributed by atoms with Crippen molar-refractivity contribution in [1.82, 2.24) is 19.7 Å². The van der Waals surface area contributed by atoms with E-state index >= 15 is 0 Å². The molecule has 120 valence electrons. The van der Waals surface area contributed by atoms with Gasteiger partial charge in [0.2, 0.25) is 5.82 Å². The Morgan fingerprint density at radius 3 is 3.04 bits per heavy atom. The molecule has 3 heterocycles. The van der Waals surface area contributed by atoms with Gasteiger partial charge in [-0.25, -0.2) is 9.67 Å². The molecule has 0 radical (unpaired) electrons. The lowest BCUT2D eigenvalue weighted by Gasteiger charge is -2.05. The summed E-state index contributed by atoms with van der Waals surface area (Å²) < 4.78 is 1.49. The van der Waals surface area contributed by atoms with Crippen molar-refractivity contribution < 1.29 is 4.92 Å². The van der Waals surface area contributed by atoms with Gasteiger partial charge < -0.3 is 10.3 Å². The van der Waals surface area contributed by atoms with Gasteiger partial charge in [0.1, 0.15) is 10.8 Å². The zero-order chi connectivity index (χ0) is 16.6. The Balaban J connectivity index is 1.77. The maximum atomic E-state index is 11.1. The molecule has 0 aliphatic heterocycles. The van der Waals surface area contributed by atoms with E-state index in [9.17, 15) is 10.1 Å². The molecule has 0 aromatic carbocycles. The first-order valence-corrected chi connectivity index (χ1v) is 7.38. The Morgan fingerprint density at radius 2 is 2.30 bits per heavy atom. The summed E-state index contributed by atoms with van der Waals surface area (Å²) in [6, 6.07) is 1.80. The fourth-order valence-electron chi connectivity index (χ4n) is 2.64. The summed E-state index contributed by atoms with van der Waals surface area (Å²) in [4.78, 5) is 17.9. The van der Waals surface area contributed by atoms with Crippen molar-refractivity contribution in [2.45, 2.75) is 13.3 Å². The van der Waals surface area contributed by atoms with E-state index in [0.29, 0.717) is 29.6 Å². The number of rotatable bonds is 5. The highest BCUT2D eigenvalue weighted by atomic mass is 35.5. The number of hydrogen-bond donors (Lipinski definition) is 2. The van der Waals surface area contributed by atoms with E-state index in [4.69, 9.17) is 11.6 Å². The van der Waals surface area contributed by atoms with Gasteiger partial charge in [0, 0.05) is 25.2 Å². The van der Waals surface area contributed by atoms with E-state index in [1.54, 1.807) is 26.2 Å². The van der Waals surface area contributed by atoms with Crippen LogP contribution in [0.5, 0.6) is 0 Å². The molecule has 0 unspecified atom stereocenters. The van der Waals surface area contributed by atoms with Crippen LogP contribution in [0.2, 0.25) is 5.15 Å². The van der Waals surface area contributed by atoms with Gasteiger partial charge >= 0.3 is 5.69 Å². The third-order valence-corrected chi connectivity index (χ3v) is 3.89. The third kappa shape index (κ3) is 2.85. The summed E-state index contributed by atoms with van der Waals surface area (Å²) in [6.07, 6.45) is 4.26. The van der Waals surface area contributed by atoms with Crippen molar-refractivity contribution in [1.29, 1.82) is 0 Å². The van der Waals surface area contributed by atoms with Gasteiger partial charge in [0.25, 0.3) is 0 Å². The van der Waals surface area contributed by atoms with Crippen molar-refractivity contribution in [3.8, 4) is 0 Å². The lowest BCUT2D eigenvalue weighted by molar-refractivity contribution is -0.384. The first-order chi connectivity index (χ1) is 11.0. The molecule has 0 amide bonds. The Labute approximate surface area is 136 Å². The molecule has 9 heteroatoms. The Hall–Kier alpha value is -2.61. The van der Waals surface area contributed by atoms with Crippen molar-refractivity contribution >= 4 is 34.0 Å². The predicted octanol–water partition coefficient (Wildman–Crippen LogP) is 2.82. The molecule has 0 bridgehead atoms. The molecule has 23 heavy (non-hydrogen) atoms. The van der Waals surface area contributed by atoms with Gasteiger partial charge in [0.15, 0.2) is 0 Å². The minimum Gasteiger partial charge on any atom is -0.364 e. The van der Waals surface area contributed by atoms with Crippen LogP contribution in [0.4, 0.5) is 11.5 Å². The van der Waals surface area contributed by atoms with Crippen LogP contribution in [0, 0.1) is 17.0 Å². The summed E-state index contributed by atoms with van der Waals surface area (Å²) in [7, 11) is 1.68. The van der Waals surface area contributed by atoms with Gasteiger partial charge in [-0.05, 0) is 25.0 Å². The second-order valence-electron chi connectivity index (χ2n) is 5.21. The number of fused-ring (bicyclic) bond motifs is 1. The fraction of sp³-hybridized carbons (Fsp3) is 0.286. The number of aromatic nitrogens is 4. The van der Waals surface area contributed by atoms with E-state index in [-0.39, 0.29) is 5.69 Å². The van der Waals surface area contributed by atoms with Gasteiger partial charge in [-0.15, -0.1) is 0 Å². The predicted molar refractivity (Wildman–Crippen MR) is 87.9 cm³/mol. The van der Waals surface area contributed by atoms with E-state index in [1.807, 2.05) is 6.20 Å². The van der Waals surface area contributed by atoms with Crippen LogP contribution in [0.1, 0.15) is 11.3 Å². The summed E-state index contributed by atoms with van der Waals surface area (Å²) in [5.41, 5.74) is 2.38. The molecular weight excluding hydrogens is 320 g/mol. The number of halogens is 1. The molecule has 0 fully saturated rings. The normalized spacial score (nSPS) is 11.1. The number of nitro groups is 1. The van der Waals surface area contributed by atoms with Gasteiger partial charge in [0.05, 0.1) is 16.6 Å². The first kappa shape index (κ1) is 15.3. The smallest absolute Gasteiger partial charge is 0.333 e. The number of pyridine rings is 1. The second kappa shape index (κ2) is 5.88. The van der Waals surface area contributed by atoms with Crippen molar-refractivity contribution in [2.24, 2.45) is 7.05 Å². The average molecular weight is 335 g/mol. The number of aryl methyl sites for hydroxylation is 2. The highest BCUT2D eigenvalue weighted by Crippen LogP contribution is 2.27. The lowest BCUT2D eigenvalue weighted by Crippen LogP contribution is -2.09. The Kier molecular flexibility index (Phi) is 3.91. The number of anilines is 1. The zero-order valence-corrected chi connectivity index (χ0v) is 13.4.